The van der Waals surface area contributed by atoms with Crippen LogP contribution in [0.5, 0.6) is 0 Å². The van der Waals surface area contributed by atoms with E-state index >= 15 is 0 Å². The van der Waals surface area contributed by atoms with E-state index in [-0.39, 0.29) is 28.3 Å². The van der Waals surface area contributed by atoms with E-state index in [0.29, 0.717) is 10.8 Å². The van der Waals surface area contributed by atoms with E-state index in [0.717, 1.165) is 32.6 Å². The first-order chi connectivity index (χ1) is 16.9. The number of nitrogens with one attached hydrogen (secondary N) is 3. The van der Waals surface area contributed by atoms with Crippen molar-refractivity contribution >= 4 is 46.7 Å². The van der Waals surface area contributed by atoms with Gasteiger partial charge in [0.25, 0.3) is 11.8 Å². The Labute approximate surface area is 205 Å². The van der Waals surface area contributed by atoms with Gasteiger partial charge < -0.3 is 26.0 Å². The summed E-state index contributed by atoms with van der Waals surface area (Å²) in [6.07, 6.45) is 5.24. The number of halogens is 1. The monoisotopic (exact) mass is 495 g/mol. The number of aromatic nitrogens is 3. The second-order valence-corrected chi connectivity index (χ2v) is 8.12. The molecule has 11 nitrogen and oxygen atoms in total. The van der Waals surface area contributed by atoms with Gasteiger partial charge in [0.1, 0.15) is 17.3 Å². The third kappa shape index (κ3) is 6.08. The van der Waals surface area contributed by atoms with E-state index in [1.807, 2.05) is 0 Å². The lowest BCUT2D eigenvalue weighted by Gasteiger charge is -2.20. The Kier molecular flexibility index (Phi) is 7.48. The third-order valence-electron chi connectivity index (χ3n) is 5.26. The molecule has 1 aliphatic heterocycles. The third-order valence-corrected chi connectivity index (χ3v) is 5.49. The average molecular weight is 496 g/mol. The number of hydrogen-bond donors (Lipinski definition) is 4. The molecule has 35 heavy (non-hydrogen) atoms. The van der Waals surface area contributed by atoms with Gasteiger partial charge in [0.2, 0.25) is 0 Å². The summed E-state index contributed by atoms with van der Waals surface area (Å²) in [6.45, 7) is 3.41. The number of carboxylic acid groups (broad SMARTS) is 1. The van der Waals surface area contributed by atoms with E-state index < -0.39 is 17.8 Å². The fraction of sp³-hybridized carbons (Fsp3) is 0.217. The van der Waals surface area contributed by atoms with Gasteiger partial charge >= 0.3 is 5.97 Å². The number of anilines is 3. The Morgan fingerprint density at radius 3 is 2.51 bits per heavy atom. The molecule has 1 saturated heterocycles. The molecule has 1 aliphatic rings. The number of aromatic carboxylic acids is 1. The first-order valence-corrected chi connectivity index (χ1v) is 11.2. The zero-order chi connectivity index (χ0) is 24.8. The van der Waals surface area contributed by atoms with Crippen LogP contribution in [0.2, 0.25) is 5.02 Å². The van der Waals surface area contributed by atoms with Crippen LogP contribution in [0.3, 0.4) is 0 Å². The van der Waals surface area contributed by atoms with Crippen LogP contribution in [-0.4, -0.2) is 64.0 Å². The highest BCUT2D eigenvalue weighted by atomic mass is 35.5. The molecular formula is C23H22ClN7O4. The SMILES string of the molecule is O=C(O)c1ccc(NC(=O)c2cnc(N3CCCNCC3)cn2)c(C(=O)Nc2ccc(Cl)cn2)c1. The summed E-state index contributed by atoms with van der Waals surface area (Å²) in [6, 6.07) is 6.85. The Balaban J connectivity index is 1.53. The van der Waals surface area contributed by atoms with Crippen LogP contribution in [0, 0.1) is 0 Å². The van der Waals surface area contributed by atoms with Crippen molar-refractivity contribution in [1.29, 1.82) is 0 Å². The molecule has 0 aliphatic carbocycles. The van der Waals surface area contributed by atoms with Crippen molar-refractivity contribution in [3.8, 4) is 0 Å². The lowest BCUT2D eigenvalue weighted by atomic mass is 10.1. The molecule has 3 heterocycles. The summed E-state index contributed by atoms with van der Waals surface area (Å²) in [5.74, 6) is -1.58. The molecule has 4 N–H and O–H groups in total. The molecule has 2 amide bonds. The molecule has 180 valence electrons. The summed E-state index contributed by atoms with van der Waals surface area (Å²) >= 11 is 5.82. The Morgan fingerprint density at radius 2 is 1.80 bits per heavy atom. The highest BCUT2D eigenvalue weighted by Gasteiger charge is 2.19. The van der Waals surface area contributed by atoms with Gasteiger partial charge in [-0.1, -0.05) is 11.6 Å². The van der Waals surface area contributed by atoms with Crippen molar-refractivity contribution in [3.63, 3.8) is 0 Å². The minimum Gasteiger partial charge on any atom is -0.478 e. The van der Waals surface area contributed by atoms with Gasteiger partial charge in [-0.15, -0.1) is 0 Å². The normalized spacial score (nSPS) is 13.6. The molecule has 2 aromatic heterocycles. The fourth-order valence-electron chi connectivity index (χ4n) is 3.47. The Bertz CT molecular complexity index is 1230. The Hall–Kier alpha value is -4.09. The molecule has 0 atom stereocenters. The number of pyridine rings is 1. The van der Waals surface area contributed by atoms with Gasteiger partial charge in [-0.3, -0.25) is 9.59 Å². The maximum atomic E-state index is 12.9. The predicted molar refractivity (Wildman–Crippen MR) is 130 cm³/mol. The largest absolute Gasteiger partial charge is 0.478 e. The van der Waals surface area contributed by atoms with Crippen molar-refractivity contribution in [2.75, 3.05) is 41.7 Å². The van der Waals surface area contributed by atoms with Crippen LogP contribution in [-0.2, 0) is 0 Å². The minimum atomic E-state index is -1.22. The first-order valence-electron chi connectivity index (χ1n) is 10.8. The van der Waals surface area contributed by atoms with E-state index in [1.54, 1.807) is 6.07 Å². The number of carbonyl (C=O) groups excluding carboxylic acids is 2. The van der Waals surface area contributed by atoms with Crippen molar-refractivity contribution in [2.45, 2.75) is 6.42 Å². The summed E-state index contributed by atoms with van der Waals surface area (Å²) in [7, 11) is 0. The van der Waals surface area contributed by atoms with E-state index in [4.69, 9.17) is 11.6 Å². The van der Waals surface area contributed by atoms with Gasteiger partial charge in [0.15, 0.2) is 0 Å². The molecule has 0 unspecified atom stereocenters. The summed E-state index contributed by atoms with van der Waals surface area (Å²) in [5.41, 5.74) is -0.0180. The fourth-order valence-corrected chi connectivity index (χ4v) is 3.58. The lowest BCUT2D eigenvalue weighted by molar-refractivity contribution is 0.0696. The van der Waals surface area contributed by atoms with E-state index in [9.17, 15) is 19.5 Å². The number of carboxylic acids is 1. The lowest BCUT2D eigenvalue weighted by Crippen LogP contribution is -2.29. The van der Waals surface area contributed by atoms with Gasteiger partial charge in [-0.05, 0) is 43.3 Å². The number of rotatable bonds is 6. The molecule has 0 saturated carbocycles. The molecule has 0 spiro atoms. The smallest absolute Gasteiger partial charge is 0.335 e. The van der Waals surface area contributed by atoms with Gasteiger partial charge in [0.05, 0.1) is 34.2 Å². The van der Waals surface area contributed by atoms with Crippen LogP contribution in [0.25, 0.3) is 0 Å². The van der Waals surface area contributed by atoms with E-state index in [2.05, 4.69) is 35.8 Å². The van der Waals surface area contributed by atoms with E-state index in [1.165, 1.54) is 42.9 Å². The maximum Gasteiger partial charge on any atom is 0.335 e. The predicted octanol–water partition coefficient (Wildman–Crippen LogP) is 2.53. The van der Waals surface area contributed by atoms with Crippen molar-refractivity contribution in [1.82, 2.24) is 20.3 Å². The highest BCUT2D eigenvalue weighted by Crippen LogP contribution is 2.21. The number of amides is 2. The van der Waals surface area contributed by atoms with Gasteiger partial charge in [-0.25, -0.2) is 19.7 Å². The molecule has 12 heteroatoms. The van der Waals surface area contributed by atoms with Gasteiger partial charge in [-0.2, -0.15) is 0 Å². The van der Waals surface area contributed by atoms with Crippen LogP contribution in [0.4, 0.5) is 17.3 Å². The zero-order valence-corrected chi connectivity index (χ0v) is 19.2. The second kappa shape index (κ2) is 10.9. The highest BCUT2D eigenvalue weighted by molar-refractivity contribution is 6.30. The first kappa shape index (κ1) is 24.0. The molecule has 0 bridgehead atoms. The minimum absolute atomic E-state index is 0.0507. The topological polar surface area (TPSA) is 149 Å². The average Bonchev–Trinajstić information content (AvgIpc) is 3.15. The standard InChI is InChI=1S/C23H22ClN7O4/c24-15-3-5-19(27-11-15)30-21(32)16-10-14(23(34)35)2-4-17(16)29-22(33)18-12-28-20(13-26-18)31-8-1-6-25-7-9-31/h2-5,10-13,25H,1,6-9H2,(H,29,33)(H,34,35)(H,27,30,32). The van der Waals surface area contributed by atoms with Crippen LogP contribution in [0.15, 0.2) is 48.9 Å². The number of nitrogens with zero attached hydrogens (tertiary/aromatic N) is 4. The quantitative estimate of drug-likeness (QED) is 0.404. The molecule has 1 aromatic carbocycles. The molecule has 3 aromatic rings. The van der Waals surface area contributed by atoms with Crippen LogP contribution >= 0.6 is 11.6 Å². The molecular weight excluding hydrogens is 474 g/mol. The van der Waals surface area contributed by atoms with Crippen LogP contribution < -0.4 is 20.9 Å². The number of carbonyl (C=O) groups is 3. The van der Waals surface area contributed by atoms with Crippen LogP contribution in [0.1, 0.15) is 37.6 Å². The van der Waals surface area contributed by atoms with Gasteiger partial charge in [0, 0.05) is 25.8 Å². The van der Waals surface area contributed by atoms with Crippen molar-refractivity contribution < 1.29 is 19.5 Å². The van der Waals surface area contributed by atoms with Crippen molar-refractivity contribution in [2.24, 2.45) is 0 Å². The Morgan fingerprint density at radius 1 is 0.943 bits per heavy atom. The molecule has 0 radical (unpaired) electrons. The zero-order valence-electron chi connectivity index (χ0n) is 18.5. The second-order valence-electron chi connectivity index (χ2n) is 7.69. The molecule has 1 fully saturated rings. The number of hydrogen-bond acceptors (Lipinski definition) is 8. The summed E-state index contributed by atoms with van der Waals surface area (Å²) in [5, 5.41) is 18.2. The molecule has 4 rings (SSSR count). The summed E-state index contributed by atoms with van der Waals surface area (Å²) in [4.78, 5) is 51.8. The summed E-state index contributed by atoms with van der Waals surface area (Å²) < 4.78 is 0. The van der Waals surface area contributed by atoms with Crippen molar-refractivity contribution in [3.05, 3.63) is 70.8 Å². The number of benzene rings is 1. The maximum absolute atomic E-state index is 12.9.